The van der Waals surface area contributed by atoms with Crippen LogP contribution in [0, 0.1) is 0 Å². The zero-order valence-corrected chi connectivity index (χ0v) is 6.45. The standard InChI is InChI=1S/C6H13N3O2/c1-9-3-4(10)2-5(9)6(11)8-7/h4-5,10H,2-3,7H2,1H3,(H,8,11). The molecule has 0 aliphatic carbocycles. The second kappa shape index (κ2) is 3.17. The number of β-amino-alcohol motifs (C(OH)–C–C–N with tert-alkyl or cyclic N) is 1. The van der Waals surface area contributed by atoms with Crippen molar-refractivity contribution in [2.75, 3.05) is 13.6 Å². The maximum Gasteiger partial charge on any atom is 0.251 e. The van der Waals surface area contributed by atoms with Gasteiger partial charge in [-0.2, -0.15) is 0 Å². The molecule has 0 saturated carbocycles. The fourth-order valence-electron chi connectivity index (χ4n) is 1.38. The fraction of sp³-hybridized carbons (Fsp3) is 0.833. The van der Waals surface area contributed by atoms with E-state index in [0.29, 0.717) is 13.0 Å². The SMILES string of the molecule is CN1CC(O)CC1C(=O)NN. The van der Waals surface area contributed by atoms with Crippen LogP contribution in [0.1, 0.15) is 6.42 Å². The molecule has 1 aliphatic heterocycles. The van der Waals surface area contributed by atoms with Gasteiger partial charge in [0.1, 0.15) is 0 Å². The second-order valence-electron chi connectivity index (χ2n) is 2.85. The number of aliphatic hydroxyl groups excluding tert-OH is 1. The number of hydrogen-bond acceptors (Lipinski definition) is 4. The Labute approximate surface area is 65.1 Å². The number of carbonyl (C=O) groups is 1. The van der Waals surface area contributed by atoms with Gasteiger partial charge in [0, 0.05) is 6.54 Å². The predicted molar refractivity (Wildman–Crippen MR) is 39.4 cm³/mol. The number of nitrogens with one attached hydrogen (secondary N) is 1. The molecule has 4 N–H and O–H groups in total. The molecule has 1 aliphatic rings. The molecule has 5 heteroatoms. The van der Waals surface area contributed by atoms with Crippen LogP contribution in [0.15, 0.2) is 0 Å². The lowest BCUT2D eigenvalue weighted by molar-refractivity contribution is -0.125. The lowest BCUT2D eigenvalue weighted by atomic mass is 10.2. The van der Waals surface area contributed by atoms with Gasteiger partial charge in [-0.3, -0.25) is 15.1 Å². The zero-order valence-electron chi connectivity index (χ0n) is 6.45. The third kappa shape index (κ3) is 1.68. The van der Waals surface area contributed by atoms with Crippen molar-refractivity contribution < 1.29 is 9.90 Å². The summed E-state index contributed by atoms with van der Waals surface area (Å²) in [7, 11) is 1.79. The molecule has 1 heterocycles. The molecule has 1 fully saturated rings. The minimum absolute atomic E-state index is 0.232. The molecule has 1 rings (SSSR count). The van der Waals surface area contributed by atoms with E-state index >= 15 is 0 Å². The van der Waals surface area contributed by atoms with E-state index < -0.39 is 6.10 Å². The summed E-state index contributed by atoms with van der Waals surface area (Å²) in [5, 5.41) is 9.15. The van der Waals surface area contributed by atoms with Crippen molar-refractivity contribution in [2.24, 2.45) is 5.84 Å². The van der Waals surface area contributed by atoms with Crippen molar-refractivity contribution in [2.45, 2.75) is 18.6 Å². The molecule has 0 radical (unpaired) electrons. The number of hydrogen-bond donors (Lipinski definition) is 3. The Balaban J connectivity index is 2.52. The van der Waals surface area contributed by atoms with E-state index in [1.165, 1.54) is 0 Å². The van der Waals surface area contributed by atoms with E-state index in [9.17, 15) is 4.79 Å². The van der Waals surface area contributed by atoms with Crippen molar-refractivity contribution in [3.63, 3.8) is 0 Å². The molecule has 1 amide bonds. The van der Waals surface area contributed by atoms with Crippen LogP contribution in [0.2, 0.25) is 0 Å². The summed E-state index contributed by atoms with van der Waals surface area (Å²) >= 11 is 0. The van der Waals surface area contributed by atoms with E-state index in [2.05, 4.69) is 5.43 Å². The number of amides is 1. The number of aliphatic hydroxyl groups is 1. The van der Waals surface area contributed by atoms with Gasteiger partial charge in [-0.05, 0) is 13.5 Å². The highest BCUT2D eigenvalue weighted by Gasteiger charge is 2.32. The third-order valence-corrected chi connectivity index (χ3v) is 1.97. The summed E-state index contributed by atoms with van der Waals surface area (Å²) in [6.07, 6.45) is 0.0711. The van der Waals surface area contributed by atoms with Crippen LogP contribution in [-0.2, 0) is 4.79 Å². The molecular formula is C6H13N3O2. The molecule has 11 heavy (non-hydrogen) atoms. The first-order valence-electron chi connectivity index (χ1n) is 3.54. The molecule has 5 nitrogen and oxygen atoms in total. The Hall–Kier alpha value is -0.650. The number of hydrazine groups is 1. The average molecular weight is 159 g/mol. The number of rotatable bonds is 1. The van der Waals surface area contributed by atoms with E-state index in [1.54, 1.807) is 11.9 Å². The molecule has 0 aromatic rings. The van der Waals surface area contributed by atoms with E-state index in [4.69, 9.17) is 10.9 Å². The van der Waals surface area contributed by atoms with Crippen molar-refractivity contribution in [1.29, 1.82) is 0 Å². The molecule has 0 spiro atoms. The smallest absolute Gasteiger partial charge is 0.251 e. The van der Waals surface area contributed by atoms with Gasteiger partial charge in [0.15, 0.2) is 0 Å². The highest BCUT2D eigenvalue weighted by molar-refractivity contribution is 5.81. The summed E-state index contributed by atoms with van der Waals surface area (Å²) in [5.74, 6) is 4.72. The fourth-order valence-corrected chi connectivity index (χ4v) is 1.38. The van der Waals surface area contributed by atoms with Crippen LogP contribution in [0.4, 0.5) is 0 Å². The Morgan fingerprint density at radius 1 is 1.82 bits per heavy atom. The Morgan fingerprint density at radius 3 is 2.82 bits per heavy atom. The monoisotopic (exact) mass is 159 g/mol. The number of nitrogens with two attached hydrogens (primary N) is 1. The summed E-state index contributed by atoms with van der Waals surface area (Å²) in [6.45, 7) is 0.540. The summed E-state index contributed by atoms with van der Waals surface area (Å²) in [4.78, 5) is 12.8. The lowest BCUT2D eigenvalue weighted by Crippen LogP contribution is -2.44. The van der Waals surface area contributed by atoms with Crippen molar-refractivity contribution in [1.82, 2.24) is 10.3 Å². The molecule has 0 aromatic heterocycles. The molecule has 2 unspecified atom stereocenters. The maximum atomic E-state index is 11.0. The molecule has 1 saturated heterocycles. The van der Waals surface area contributed by atoms with Crippen LogP contribution < -0.4 is 11.3 Å². The average Bonchev–Trinajstić information content (AvgIpc) is 2.28. The predicted octanol–water partition coefficient (Wildman–Crippen LogP) is -1.96. The summed E-state index contributed by atoms with van der Waals surface area (Å²) in [6, 6.07) is -0.269. The van der Waals surface area contributed by atoms with Gasteiger partial charge >= 0.3 is 0 Å². The van der Waals surface area contributed by atoms with Gasteiger partial charge in [0.2, 0.25) is 0 Å². The minimum atomic E-state index is -0.401. The molecular weight excluding hydrogens is 146 g/mol. The largest absolute Gasteiger partial charge is 0.392 e. The number of carbonyl (C=O) groups excluding carboxylic acids is 1. The topological polar surface area (TPSA) is 78.6 Å². The van der Waals surface area contributed by atoms with E-state index in [1.807, 2.05) is 0 Å². The number of likely N-dealkylation sites (tertiary alicyclic amines) is 1. The van der Waals surface area contributed by atoms with Gasteiger partial charge in [-0.1, -0.05) is 0 Å². The number of likely N-dealkylation sites (N-methyl/N-ethyl adjacent to an activating group) is 1. The Bertz CT molecular complexity index is 162. The quantitative estimate of drug-likeness (QED) is 0.236. The van der Waals surface area contributed by atoms with Crippen LogP contribution in [0.25, 0.3) is 0 Å². The van der Waals surface area contributed by atoms with Crippen LogP contribution in [-0.4, -0.2) is 41.7 Å². The van der Waals surface area contributed by atoms with E-state index in [0.717, 1.165) is 0 Å². The molecule has 0 bridgehead atoms. The van der Waals surface area contributed by atoms with E-state index in [-0.39, 0.29) is 11.9 Å². The summed E-state index contributed by atoms with van der Waals surface area (Å²) in [5.41, 5.74) is 2.07. The Kier molecular flexibility index (Phi) is 2.43. The Morgan fingerprint density at radius 2 is 2.45 bits per heavy atom. The third-order valence-electron chi connectivity index (χ3n) is 1.97. The van der Waals surface area contributed by atoms with Crippen molar-refractivity contribution >= 4 is 5.91 Å². The lowest BCUT2D eigenvalue weighted by Gasteiger charge is -2.15. The first-order chi connectivity index (χ1) is 5.15. The van der Waals surface area contributed by atoms with Gasteiger partial charge in [-0.25, -0.2) is 5.84 Å². The number of nitrogens with zero attached hydrogens (tertiary/aromatic N) is 1. The second-order valence-corrected chi connectivity index (χ2v) is 2.85. The zero-order chi connectivity index (χ0) is 8.43. The van der Waals surface area contributed by atoms with Gasteiger partial charge in [-0.15, -0.1) is 0 Å². The molecule has 0 aromatic carbocycles. The normalized spacial score (nSPS) is 32.3. The molecule has 2 atom stereocenters. The highest BCUT2D eigenvalue weighted by Crippen LogP contribution is 2.14. The van der Waals surface area contributed by atoms with Crippen LogP contribution >= 0.6 is 0 Å². The summed E-state index contributed by atoms with van der Waals surface area (Å²) < 4.78 is 0. The van der Waals surface area contributed by atoms with Gasteiger partial charge in [0.25, 0.3) is 5.91 Å². The molecule has 64 valence electrons. The van der Waals surface area contributed by atoms with Crippen molar-refractivity contribution in [3.8, 4) is 0 Å². The minimum Gasteiger partial charge on any atom is -0.392 e. The van der Waals surface area contributed by atoms with Crippen LogP contribution in [0.5, 0.6) is 0 Å². The highest BCUT2D eigenvalue weighted by atomic mass is 16.3. The first kappa shape index (κ1) is 8.45. The maximum absolute atomic E-state index is 11.0. The first-order valence-corrected chi connectivity index (χ1v) is 3.54. The van der Waals surface area contributed by atoms with Gasteiger partial charge in [0.05, 0.1) is 12.1 Å². The van der Waals surface area contributed by atoms with Gasteiger partial charge < -0.3 is 5.11 Å². The van der Waals surface area contributed by atoms with Crippen molar-refractivity contribution in [3.05, 3.63) is 0 Å². The van der Waals surface area contributed by atoms with Crippen LogP contribution in [0.3, 0.4) is 0 Å².